The standard InChI is InChI=1S/C12H15FO4S/c1-3-12(4-2,11(14)15)18(16,17)10-8-6-5-7-9(10)13/h5-8H,3-4H2,1-2H3,(H,14,15). The molecule has 0 heterocycles. The van der Waals surface area contributed by atoms with Gasteiger partial charge in [-0.1, -0.05) is 26.0 Å². The summed E-state index contributed by atoms with van der Waals surface area (Å²) in [4.78, 5) is 10.8. The predicted molar refractivity (Wildman–Crippen MR) is 64.5 cm³/mol. The first-order valence-corrected chi connectivity index (χ1v) is 7.04. The van der Waals surface area contributed by atoms with Crippen LogP contribution in [0.1, 0.15) is 26.7 Å². The third kappa shape index (κ3) is 2.01. The van der Waals surface area contributed by atoms with E-state index in [2.05, 4.69) is 0 Å². The molecule has 0 fully saturated rings. The van der Waals surface area contributed by atoms with E-state index in [0.717, 1.165) is 12.1 Å². The monoisotopic (exact) mass is 274 g/mol. The van der Waals surface area contributed by atoms with E-state index in [1.165, 1.54) is 26.0 Å². The number of sulfone groups is 1. The lowest BCUT2D eigenvalue weighted by Crippen LogP contribution is -2.45. The van der Waals surface area contributed by atoms with Gasteiger partial charge in [-0.3, -0.25) is 4.79 Å². The smallest absolute Gasteiger partial charge is 0.325 e. The van der Waals surface area contributed by atoms with Crippen molar-refractivity contribution in [2.45, 2.75) is 36.3 Å². The van der Waals surface area contributed by atoms with Crippen molar-refractivity contribution in [3.63, 3.8) is 0 Å². The Kier molecular flexibility index (Phi) is 4.11. The normalized spacial score (nSPS) is 12.4. The summed E-state index contributed by atoms with van der Waals surface area (Å²) in [7, 11) is -4.27. The first-order valence-electron chi connectivity index (χ1n) is 5.56. The van der Waals surface area contributed by atoms with Gasteiger partial charge < -0.3 is 5.11 Å². The molecule has 0 saturated carbocycles. The Morgan fingerprint density at radius 3 is 2.17 bits per heavy atom. The number of halogens is 1. The van der Waals surface area contributed by atoms with Crippen molar-refractivity contribution in [3.8, 4) is 0 Å². The number of carbonyl (C=O) groups is 1. The van der Waals surface area contributed by atoms with Crippen LogP contribution in [0.3, 0.4) is 0 Å². The highest BCUT2D eigenvalue weighted by atomic mass is 32.2. The summed E-state index contributed by atoms with van der Waals surface area (Å²) < 4.78 is 36.3. The summed E-state index contributed by atoms with van der Waals surface area (Å²) >= 11 is 0. The number of carboxylic acids is 1. The Bertz CT molecular complexity index is 547. The highest BCUT2D eigenvalue weighted by Crippen LogP contribution is 2.33. The predicted octanol–water partition coefficient (Wildman–Crippen LogP) is 2.24. The Balaban J connectivity index is 3.55. The van der Waals surface area contributed by atoms with Crippen molar-refractivity contribution >= 4 is 15.8 Å². The molecule has 1 N–H and O–H groups in total. The van der Waals surface area contributed by atoms with E-state index in [9.17, 15) is 22.7 Å². The quantitative estimate of drug-likeness (QED) is 0.893. The van der Waals surface area contributed by atoms with Gasteiger partial charge in [-0.15, -0.1) is 0 Å². The van der Waals surface area contributed by atoms with Crippen LogP contribution < -0.4 is 0 Å². The van der Waals surface area contributed by atoms with E-state index in [4.69, 9.17) is 0 Å². The zero-order valence-corrected chi connectivity index (χ0v) is 11.0. The Hall–Kier alpha value is -1.43. The molecule has 0 radical (unpaired) electrons. The summed E-state index contributed by atoms with van der Waals surface area (Å²) in [6, 6.07) is 4.82. The molecule has 0 aromatic heterocycles. The fourth-order valence-electron chi connectivity index (χ4n) is 1.92. The van der Waals surface area contributed by atoms with Gasteiger partial charge in [0.25, 0.3) is 0 Å². The van der Waals surface area contributed by atoms with Crippen LogP contribution in [-0.2, 0) is 14.6 Å². The number of benzene rings is 1. The van der Waals surface area contributed by atoms with Crippen molar-refractivity contribution in [2.75, 3.05) is 0 Å². The van der Waals surface area contributed by atoms with E-state index < -0.39 is 31.3 Å². The van der Waals surface area contributed by atoms with Crippen molar-refractivity contribution < 1.29 is 22.7 Å². The minimum absolute atomic E-state index is 0.116. The lowest BCUT2D eigenvalue weighted by atomic mass is 10.0. The van der Waals surface area contributed by atoms with Crippen molar-refractivity contribution in [2.24, 2.45) is 0 Å². The van der Waals surface area contributed by atoms with Crippen LogP contribution >= 0.6 is 0 Å². The summed E-state index contributed by atoms with van der Waals surface area (Å²) in [5.74, 6) is -2.37. The zero-order valence-electron chi connectivity index (χ0n) is 10.2. The van der Waals surface area contributed by atoms with Crippen molar-refractivity contribution in [1.82, 2.24) is 0 Å². The first-order chi connectivity index (χ1) is 8.33. The number of hydrogen-bond acceptors (Lipinski definition) is 3. The van der Waals surface area contributed by atoms with Crippen LogP contribution in [0.2, 0.25) is 0 Å². The molecule has 0 atom stereocenters. The maximum Gasteiger partial charge on any atom is 0.325 e. The molecule has 1 aromatic rings. The Morgan fingerprint density at radius 2 is 1.78 bits per heavy atom. The van der Waals surface area contributed by atoms with Gasteiger partial charge in [-0.2, -0.15) is 0 Å². The van der Waals surface area contributed by atoms with Gasteiger partial charge in [0.05, 0.1) is 0 Å². The van der Waals surface area contributed by atoms with Crippen LogP contribution in [0, 0.1) is 5.82 Å². The molecular formula is C12H15FO4S. The van der Waals surface area contributed by atoms with E-state index >= 15 is 0 Å². The highest BCUT2D eigenvalue weighted by Gasteiger charge is 2.49. The van der Waals surface area contributed by atoms with Gasteiger partial charge in [0, 0.05) is 0 Å². The van der Waals surface area contributed by atoms with Crippen LogP contribution in [-0.4, -0.2) is 24.2 Å². The molecule has 0 spiro atoms. The maximum atomic E-state index is 13.6. The van der Waals surface area contributed by atoms with E-state index in [1.54, 1.807) is 0 Å². The lowest BCUT2D eigenvalue weighted by Gasteiger charge is -2.26. The Morgan fingerprint density at radius 1 is 1.28 bits per heavy atom. The summed E-state index contributed by atoms with van der Waals surface area (Å²) in [5.41, 5.74) is 0. The first kappa shape index (κ1) is 14.6. The molecule has 0 aliphatic heterocycles. The molecule has 6 heteroatoms. The molecule has 0 unspecified atom stereocenters. The van der Waals surface area contributed by atoms with Gasteiger partial charge in [0.2, 0.25) is 0 Å². The number of aliphatic carboxylic acids is 1. The largest absolute Gasteiger partial charge is 0.480 e. The van der Waals surface area contributed by atoms with E-state index in [-0.39, 0.29) is 12.8 Å². The molecule has 4 nitrogen and oxygen atoms in total. The average Bonchev–Trinajstić information content (AvgIpc) is 2.30. The van der Waals surface area contributed by atoms with E-state index in [1.807, 2.05) is 0 Å². The molecule has 1 rings (SSSR count). The molecule has 100 valence electrons. The fourth-order valence-corrected chi connectivity index (χ4v) is 3.91. The van der Waals surface area contributed by atoms with Gasteiger partial charge in [0.1, 0.15) is 10.7 Å². The maximum absolute atomic E-state index is 13.6. The third-order valence-electron chi connectivity index (χ3n) is 3.17. The molecule has 0 aliphatic carbocycles. The van der Waals surface area contributed by atoms with Crippen molar-refractivity contribution in [3.05, 3.63) is 30.1 Å². The third-order valence-corrected chi connectivity index (χ3v) is 5.86. The molecule has 18 heavy (non-hydrogen) atoms. The number of hydrogen-bond donors (Lipinski definition) is 1. The fraction of sp³-hybridized carbons (Fsp3) is 0.417. The van der Waals surface area contributed by atoms with Gasteiger partial charge >= 0.3 is 5.97 Å². The molecule has 0 bridgehead atoms. The molecule has 0 aliphatic rings. The van der Waals surface area contributed by atoms with E-state index in [0.29, 0.717) is 0 Å². The topological polar surface area (TPSA) is 71.4 Å². The number of rotatable bonds is 5. The van der Waals surface area contributed by atoms with Gasteiger partial charge in [-0.05, 0) is 25.0 Å². The minimum Gasteiger partial charge on any atom is -0.480 e. The molecule has 1 aromatic carbocycles. The van der Waals surface area contributed by atoms with Crippen molar-refractivity contribution in [1.29, 1.82) is 0 Å². The minimum atomic E-state index is -4.27. The Labute approximate surface area is 105 Å². The van der Waals surface area contributed by atoms with Crippen LogP contribution in [0.4, 0.5) is 4.39 Å². The molecular weight excluding hydrogens is 259 g/mol. The summed E-state index contributed by atoms with van der Waals surface area (Å²) in [6.45, 7) is 2.94. The summed E-state index contributed by atoms with van der Waals surface area (Å²) in [6.07, 6.45) is -0.231. The van der Waals surface area contributed by atoms with Crippen LogP contribution in [0.25, 0.3) is 0 Å². The highest BCUT2D eigenvalue weighted by molar-refractivity contribution is 7.93. The number of carboxylic acid groups (broad SMARTS) is 1. The zero-order chi connectivity index (χ0) is 14.0. The lowest BCUT2D eigenvalue weighted by molar-refractivity contribution is -0.140. The molecule has 0 amide bonds. The summed E-state index contributed by atoms with van der Waals surface area (Å²) in [5, 5.41) is 9.21. The van der Waals surface area contributed by atoms with Crippen LogP contribution in [0.15, 0.2) is 29.2 Å². The van der Waals surface area contributed by atoms with Gasteiger partial charge in [-0.25, -0.2) is 12.8 Å². The second-order valence-electron chi connectivity index (χ2n) is 3.94. The van der Waals surface area contributed by atoms with Crippen LogP contribution in [0.5, 0.6) is 0 Å². The second kappa shape index (κ2) is 5.06. The average molecular weight is 274 g/mol. The molecule has 0 saturated heterocycles. The SMILES string of the molecule is CCC(CC)(C(=O)O)S(=O)(=O)c1ccccc1F. The van der Waals surface area contributed by atoms with Gasteiger partial charge in [0.15, 0.2) is 14.6 Å². The second-order valence-corrected chi connectivity index (χ2v) is 6.17.